The Balaban J connectivity index is 3.92. The van der Waals surface area contributed by atoms with Gasteiger partial charge in [0.25, 0.3) is 7.82 Å². The van der Waals surface area contributed by atoms with Crippen LogP contribution in [0, 0.1) is 0 Å². The van der Waals surface area contributed by atoms with Gasteiger partial charge in [-0.3, -0.25) is 9.36 Å². The van der Waals surface area contributed by atoms with Gasteiger partial charge < -0.3 is 27.9 Å². The number of likely N-dealkylation sites (N-methyl/N-ethyl adjacent to an activating group) is 1. The van der Waals surface area contributed by atoms with Gasteiger partial charge in [0, 0.05) is 13.0 Å². The zero-order valence-electron chi connectivity index (χ0n) is 31.0. The summed E-state index contributed by atoms with van der Waals surface area (Å²) in [5.74, 6) is -0.348. The monoisotopic (exact) mass is 678 g/mol. The molecule has 46 heavy (non-hydrogen) atoms. The second-order valence-corrected chi connectivity index (χ2v) is 15.7. The van der Waals surface area contributed by atoms with E-state index in [0.717, 1.165) is 38.5 Å². The SMILES string of the molecule is CCCCCCCCCCCCCCCCCCCCCCOCC(COP(=O)([O-])OCC[N+](C)(C)C)OC(=O)CCCCCC. The lowest BCUT2D eigenvalue weighted by Gasteiger charge is -2.28. The number of carbonyl (C=O) groups is 1. The molecule has 0 bridgehead atoms. The minimum Gasteiger partial charge on any atom is -0.756 e. The maximum Gasteiger partial charge on any atom is 0.306 e. The molecule has 0 aromatic rings. The average Bonchev–Trinajstić information content (AvgIpc) is 2.99. The molecule has 0 aromatic heterocycles. The highest BCUT2D eigenvalue weighted by Crippen LogP contribution is 2.38. The lowest BCUT2D eigenvalue weighted by Crippen LogP contribution is -2.37. The first-order valence-corrected chi connectivity index (χ1v) is 20.7. The minimum atomic E-state index is -4.50. The summed E-state index contributed by atoms with van der Waals surface area (Å²) in [6.07, 6.45) is 30.3. The summed E-state index contributed by atoms with van der Waals surface area (Å²) in [4.78, 5) is 24.6. The number of phosphoric ester groups is 1. The van der Waals surface area contributed by atoms with Gasteiger partial charge >= 0.3 is 5.97 Å². The predicted molar refractivity (Wildman–Crippen MR) is 190 cm³/mol. The van der Waals surface area contributed by atoms with Crippen LogP contribution < -0.4 is 4.89 Å². The fourth-order valence-corrected chi connectivity index (χ4v) is 6.10. The number of hydrogen-bond acceptors (Lipinski definition) is 7. The fourth-order valence-electron chi connectivity index (χ4n) is 5.37. The van der Waals surface area contributed by atoms with Gasteiger partial charge in [-0.2, -0.15) is 0 Å². The molecule has 8 nitrogen and oxygen atoms in total. The van der Waals surface area contributed by atoms with Crippen LogP contribution in [-0.2, 0) is 27.9 Å². The zero-order chi connectivity index (χ0) is 34.2. The van der Waals surface area contributed by atoms with Crippen LogP contribution in [0.25, 0.3) is 0 Å². The average molecular weight is 678 g/mol. The Morgan fingerprint density at radius 2 is 1.00 bits per heavy atom. The van der Waals surface area contributed by atoms with Gasteiger partial charge in [-0.15, -0.1) is 0 Å². The van der Waals surface area contributed by atoms with Gasteiger partial charge in [-0.1, -0.05) is 155 Å². The van der Waals surface area contributed by atoms with Crippen LogP contribution in [0.3, 0.4) is 0 Å². The van der Waals surface area contributed by atoms with E-state index in [1.54, 1.807) is 0 Å². The number of rotatable bonds is 36. The summed E-state index contributed by atoms with van der Waals surface area (Å²) in [6.45, 7) is 5.32. The first kappa shape index (κ1) is 45.5. The summed E-state index contributed by atoms with van der Waals surface area (Å²) in [7, 11) is 1.36. The molecular weight excluding hydrogens is 601 g/mol. The Labute approximate surface area is 285 Å². The number of phosphoric acid groups is 1. The predicted octanol–water partition coefficient (Wildman–Crippen LogP) is 9.91. The third kappa shape index (κ3) is 34.8. The number of esters is 1. The van der Waals surface area contributed by atoms with Crippen molar-refractivity contribution in [2.45, 2.75) is 180 Å². The van der Waals surface area contributed by atoms with Gasteiger partial charge in [0.15, 0.2) is 0 Å². The third-order valence-corrected chi connectivity index (χ3v) is 9.37. The Kier molecular flexibility index (Phi) is 31.4. The van der Waals surface area contributed by atoms with Gasteiger partial charge in [0.1, 0.15) is 19.3 Å². The molecule has 0 rings (SSSR count). The maximum atomic E-state index is 12.3. The van der Waals surface area contributed by atoms with E-state index in [4.69, 9.17) is 18.5 Å². The first-order chi connectivity index (χ1) is 22.1. The molecule has 0 aliphatic heterocycles. The van der Waals surface area contributed by atoms with E-state index in [9.17, 15) is 14.3 Å². The maximum absolute atomic E-state index is 12.3. The van der Waals surface area contributed by atoms with Crippen molar-refractivity contribution in [3.05, 3.63) is 0 Å². The molecule has 276 valence electrons. The van der Waals surface area contributed by atoms with Crippen molar-refractivity contribution in [1.82, 2.24) is 0 Å². The molecule has 0 spiro atoms. The number of hydrogen-bond donors (Lipinski definition) is 0. The third-order valence-electron chi connectivity index (χ3n) is 8.41. The highest BCUT2D eigenvalue weighted by molar-refractivity contribution is 7.45. The normalized spacial score (nSPS) is 14.0. The molecule has 9 heteroatoms. The fraction of sp³-hybridized carbons (Fsp3) is 0.973. The molecule has 2 unspecified atom stereocenters. The van der Waals surface area contributed by atoms with Crippen LogP contribution in [0.5, 0.6) is 0 Å². The Bertz CT molecular complexity index is 716. The molecule has 0 saturated carbocycles. The van der Waals surface area contributed by atoms with Gasteiger partial charge in [-0.05, 0) is 12.8 Å². The molecule has 0 aliphatic carbocycles. The topological polar surface area (TPSA) is 94.1 Å². The summed E-state index contributed by atoms with van der Waals surface area (Å²) in [5.41, 5.74) is 0. The van der Waals surface area contributed by atoms with Crippen molar-refractivity contribution in [1.29, 1.82) is 0 Å². The molecule has 0 N–H and O–H groups in total. The van der Waals surface area contributed by atoms with Crippen molar-refractivity contribution in [3.63, 3.8) is 0 Å². The van der Waals surface area contributed by atoms with E-state index >= 15 is 0 Å². The molecule has 0 heterocycles. The number of nitrogens with zero attached hydrogens (tertiary/aromatic N) is 1. The van der Waals surface area contributed by atoms with Crippen molar-refractivity contribution in [3.8, 4) is 0 Å². The Hall–Kier alpha value is -0.500. The molecule has 0 saturated heterocycles. The zero-order valence-corrected chi connectivity index (χ0v) is 31.9. The van der Waals surface area contributed by atoms with Crippen LogP contribution in [0.15, 0.2) is 0 Å². The molecule has 2 atom stereocenters. The van der Waals surface area contributed by atoms with Crippen molar-refractivity contribution in [2.75, 3.05) is 54.1 Å². The van der Waals surface area contributed by atoms with E-state index in [2.05, 4.69) is 13.8 Å². The number of ether oxygens (including phenoxy) is 2. The quantitative estimate of drug-likeness (QED) is 0.0282. The number of quaternary nitrogens is 1. The largest absolute Gasteiger partial charge is 0.756 e. The van der Waals surface area contributed by atoms with Crippen LogP contribution in [-0.4, -0.2) is 70.7 Å². The smallest absolute Gasteiger partial charge is 0.306 e. The number of carbonyl (C=O) groups excluding carboxylic acids is 1. The highest BCUT2D eigenvalue weighted by atomic mass is 31.2. The molecule has 0 fully saturated rings. The van der Waals surface area contributed by atoms with Crippen LogP contribution >= 0.6 is 7.82 Å². The molecule has 0 aromatic carbocycles. The summed E-state index contributed by atoms with van der Waals surface area (Å²) in [5, 5.41) is 0. The van der Waals surface area contributed by atoms with Crippen molar-refractivity contribution < 1.29 is 37.3 Å². The van der Waals surface area contributed by atoms with Crippen LogP contribution in [0.4, 0.5) is 0 Å². The van der Waals surface area contributed by atoms with Crippen LogP contribution in [0.2, 0.25) is 0 Å². The lowest BCUT2D eigenvalue weighted by atomic mass is 10.0. The van der Waals surface area contributed by atoms with Gasteiger partial charge in [0.2, 0.25) is 0 Å². The molecule has 0 aliphatic rings. The second kappa shape index (κ2) is 31.7. The van der Waals surface area contributed by atoms with Crippen LogP contribution in [0.1, 0.15) is 174 Å². The van der Waals surface area contributed by atoms with E-state index in [1.807, 2.05) is 21.1 Å². The van der Waals surface area contributed by atoms with E-state index in [-0.39, 0.29) is 25.8 Å². The van der Waals surface area contributed by atoms with Gasteiger partial charge in [0.05, 0.1) is 34.4 Å². The van der Waals surface area contributed by atoms with E-state index in [1.165, 1.54) is 116 Å². The summed E-state index contributed by atoms with van der Waals surface area (Å²) in [6, 6.07) is 0. The molecule has 0 amide bonds. The first-order valence-electron chi connectivity index (χ1n) is 19.3. The van der Waals surface area contributed by atoms with Crippen molar-refractivity contribution in [2.24, 2.45) is 0 Å². The molecule has 0 radical (unpaired) electrons. The Morgan fingerprint density at radius 1 is 0.587 bits per heavy atom. The van der Waals surface area contributed by atoms with Gasteiger partial charge in [-0.25, -0.2) is 0 Å². The Morgan fingerprint density at radius 3 is 1.43 bits per heavy atom. The van der Waals surface area contributed by atoms with Crippen molar-refractivity contribution >= 4 is 13.8 Å². The lowest BCUT2D eigenvalue weighted by molar-refractivity contribution is -0.870. The standard InChI is InChI=1S/C37H76NO7P/c1-6-8-10-12-13-14-15-16-17-18-19-20-21-22-23-24-25-26-27-29-32-42-34-36(45-37(39)30-28-11-9-7-2)35-44-46(40,41)43-33-31-38(3,4)5/h36H,6-35H2,1-5H3. The highest BCUT2D eigenvalue weighted by Gasteiger charge is 2.20. The second-order valence-electron chi connectivity index (χ2n) is 14.3. The molecular formula is C37H76NO7P. The van der Waals surface area contributed by atoms with E-state index < -0.39 is 13.9 Å². The summed E-state index contributed by atoms with van der Waals surface area (Å²) >= 11 is 0. The van der Waals surface area contributed by atoms with E-state index in [0.29, 0.717) is 24.1 Å². The number of unbranched alkanes of at least 4 members (excludes halogenated alkanes) is 22. The minimum absolute atomic E-state index is 0.0299. The summed E-state index contributed by atoms with van der Waals surface area (Å²) < 4.78 is 34.1.